The lowest BCUT2D eigenvalue weighted by Gasteiger charge is -2.07. The average Bonchev–Trinajstić information content (AvgIpc) is 2.97. The van der Waals surface area contributed by atoms with Crippen LogP contribution in [0.25, 0.3) is 11.1 Å². The van der Waals surface area contributed by atoms with E-state index in [-0.39, 0.29) is 5.97 Å². The Morgan fingerprint density at radius 2 is 2.00 bits per heavy atom. The molecule has 0 spiro atoms. The first-order valence-electron chi connectivity index (χ1n) is 7.20. The third-order valence-corrected chi connectivity index (χ3v) is 3.94. The van der Waals surface area contributed by atoms with Crippen molar-refractivity contribution in [2.24, 2.45) is 4.99 Å². The molecule has 0 aliphatic carbocycles. The normalized spacial score (nSPS) is 10.8. The first-order chi connectivity index (χ1) is 11.1. The van der Waals surface area contributed by atoms with Gasteiger partial charge in [-0.1, -0.05) is 12.1 Å². The van der Waals surface area contributed by atoms with Crippen molar-refractivity contribution in [3.63, 3.8) is 0 Å². The molecule has 2 aromatic rings. The maximum absolute atomic E-state index is 12.4. The molecule has 0 atom stereocenters. The van der Waals surface area contributed by atoms with Crippen molar-refractivity contribution < 1.29 is 14.3 Å². The summed E-state index contributed by atoms with van der Waals surface area (Å²) in [6, 6.07) is 7.57. The maximum Gasteiger partial charge on any atom is 0.341 e. The van der Waals surface area contributed by atoms with E-state index >= 15 is 0 Å². The standard InChI is InChI=1S/C17H20N2O3S/c1-5-22-17(20)15-14(10-23-16(15)18-11-19(2)3)12-6-8-13(21-4)9-7-12/h6-11H,5H2,1-4H3. The fraction of sp³-hybridized carbons (Fsp3) is 0.294. The number of rotatable bonds is 6. The Morgan fingerprint density at radius 1 is 1.30 bits per heavy atom. The number of hydrogen-bond acceptors (Lipinski definition) is 5. The van der Waals surface area contributed by atoms with Crippen molar-refractivity contribution in [2.75, 3.05) is 27.8 Å². The van der Waals surface area contributed by atoms with Gasteiger partial charge in [-0.05, 0) is 24.6 Å². The van der Waals surface area contributed by atoms with Crippen molar-refractivity contribution in [3.05, 3.63) is 35.2 Å². The van der Waals surface area contributed by atoms with E-state index in [1.807, 2.05) is 48.6 Å². The smallest absolute Gasteiger partial charge is 0.341 e. The molecule has 1 aromatic heterocycles. The third kappa shape index (κ3) is 4.10. The van der Waals surface area contributed by atoms with Gasteiger partial charge in [-0.15, -0.1) is 11.3 Å². The molecule has 0 bridgehead atoms. The number of carbonyl (C=O) groups is 1. The van der Waals surface area contributed by atoms with Gasteiger partial charge in [0.15, 0.2) is 0 Å². The topological polar surface area (TPSA) is 51.1 Å². The molecule has 5 nitrogen and oxygen atoms in total. The highest BCUT2D eigenvalue weighted by atomic mass is 32.1. The Labute approximate surface area is 140 Å². The molecule has 0 amide bonds. The van der Waals surface area contributed by atoms with Crippen LogP contribution in [0.1, 0.15) is 17.3 Å². The molecule has 1 aromatic carbocycles. The second kappa shape index (κ2) is 7.78. The number of carbonyl (C=O) groups excluding carboxylic acids is 1. The van der Waals surface area contributed by atoms with E-state index in [0.29, 0.717) is 17.2 Å². The van der Waals surface area contributed by atoms with Crippen LogP contribution in [-0.2, 0) is 4.74 Å². The van der Waals surface area contributed by atoms with Crippen LogP contribution in [0, 0.1) is 0 Å². The monoisotopic (exact) mass is 332 g/mol. The Balaban J connectivity index is 2.47. The minimum absolute atomic E-state index is 0.327. The summed E-state index contributed by atoms with van der Waals surface area (Å²) < 4.78 is 10.4. The fourth-order valence-corrected chi connectivity index (χ4v) is 2.90. The fourth-order valence-electron chi connectivity index (χ4n) is 1.99. The highest BCUT2D eigenvalue weighted by Gasteiger charge is 2.21. The summed E-state index contributed by atoms with van der Waals surface area (Å²) in [4.78, 5) is 18.6. The molecule has 23 heavy (non-hydrogen) atoms. The van der Waals surface area contributed by atoms with Crippen LogP contribution >= 0.6 is 11.3 Å². The molecule has 2 rings (SSSR count). The summed E-state index contributed by atoms with van der Waals surface area (Å²) in [5.41, 5.74) is 2.25. The summed E-state index contributed by atoms with van der Waals surface area (Å²) in [5, 5.41) is 2.57. The first kappa shape index (κ1) is 17.0. The molecule has 0 aliphatic heterocycles. The van der Waals surface area contributed by atoms with Crippen LogP contribution < -0.4 is 4.74 Å². The van der Waals surface area contributed by atoms with Gasteiger partial charge in [-0.3, -0.25) is 0 Å². The highest BCUT2D eigenvalue weighted by Crippen LogP contribution is 2.38. The Bertz CT molecular complexity index is 690. The second-order valence-electron chi connectivity index (χ2n) is 4.99. The van der Waals surface area contributed by atoms with Crippen LogP contribution in [0.3, 0.4) is 0 Å². The van der Waals surface area contributed by atoms with Crippen LogP contribution in [0.4, 0.5) is 5.00 Å². The zero-order valence-corrected chi connectivity index (χ0v) is 14.5. The van der Waals surface area contributed by atoms with Gasteiger partial charge in [0.2, 0.25) is 0 Å². The van der Waals surface area contributed by atoms with Crippen LogP contribution in [0.5, 0.6) is 5.75 Å². The van der Waals surface area contributed by atoms with E-state index in [1.54, 1.807) is 20.4 Å². The summed E-state index contributed by atoms with van der Waals surface area (Å²) >= 11 is 1.42. The van der Waals surface area contributed by atoms with Gasteiger partial charge in [0.25, 0.3) is 0 Å². The van der Waals surface area contributed by atoms with Crippen LogP contribution in [0.2, 0.25) is 0 Å². The quantitative estimate of drug-likeness (QED) is 0.458. The number of thiophene rings is 1. The van der Waals surface area contributed by atoms with Crippen molar-refractivity contribution in [2.45, 2.75) is 6.92 Å². The molecule has 0 aliphatic rings. The SMILES string of the molecule is CCOC(=O)c1c(-c2ccc(OC)cc2)csc1N=CN(C)C. The Hall–Kier alpha value is -2.34. The predicted octanol–water partition coefficient (Wildman–Crippen LogP) is 3.82. The second-order valence-corrected chi connectivity index (χ2v) is 5.84. The van der Waals surface area contributed by atoms with E-state index in [9.17, 15) is 4.79 Å². The van der Waals surface area contributed by atoms with Crippen LogP contribution in [-0.4, -0.2) is 45.0 Å². The van der Waals surface area contributed by atoms with Crippen molar-refractivity contribution >= 4 is 28.6 Å². The lowest BCUT2D eigenvalue weighted by Crippen LogP contribution is -2.08. The number of methoxy groups -OCH3 is 1. The number of hydrogen-bond donors (Lipinski definition) is 0. The van der Waals surface area contributed by atoms with Gasteiger partial charge >= 0.3 is 5.97 Å². The van der Waals surface area contributed by atoms with Crippen molar-refractivity contribution in [1.29, 1.82) is 0 Å². The van der Waals surface area contributed by atoms with E-state index in [1.165, 1.54) is 11.3 Å². The lowest BCUT2D eigenvalue weighted by molar-refractivity contribution is 0.0529. The van der Waals surface area contributed by atoms with E-state index in [4.69, 9.17) is 9.47 Å². The number of nitrogens with zero attached hydrogens (tertiary/aromatic N) is 2. The molecular weight excluding hydrogens is 312 g/mol. The maximum atomic E-state index is 12.4. The zero-order valence-electron chi connectivity index (χ0n) is 13.7. The largest absolute Gasteiger partial charge is 0.497 e. The number of esters is 1. The molecule has 122 valence electrons. The minimum atomic E-state index is -0.356. The first-order valence-corrected chi connectivity index (χ1v) is 8.08. The summed E-state index contributed by atoms with van der Waals surface area (Å²) in [5.74, 6) is 0.415. The molecule has 0 fully saturated rings. The van der Waals surface area contributed by atoms with Crippen LogP contribution in [0.15, 0.2) is 34.6 Å². The van der Waals surface area contributed by atoms with Gasteiger partial charge in [0, 0.05) is 25.0 Å². The van der Waals surface area contributed by atoms with E-state index in [0.717, 1.165) is 16.9 Å². The third-order valence-electron chi connectivity index (χ3n) is 3.06. The van der Waals surface area contributed by atoms with E-state index in [2.05, 4.69) is 4.99 Å². The van der Waals surface area contributed by atoms with Gasteiger partial charge in [-0.2, -0.15) is 0 Å². The number of aliphatic imine (C=N–C) groups is 1. The molecule has 0 radical (unpaired) electrons. The molecular formula is C17H20N2O3S. The summed E-state index contributed by atoms with van der Waals surface area (Å²) in [7, 11) is 5.38. The lowest BCUT2D eigenvalue weighted by atomic mass is 10.0. The van der Waals surface area contributed by atoms with E-state index < -0.39 is 0 Å². The molecule has 6 heteroatoms. The van der Waals surface area contributed by atoms with Crippen molar-refractivity contribution in [3.8, 4) is 16.9 Å². The van der Waals surface area contributed by atoms with Gasteiger partial charge in [-0.25, -0.2) is 9.79 Å². The molecule has 1 heterocycles. The molecule has 0 saturated carbocycles. The molecule has 0 unspecified atom stereocenters. The number of ether oxygens (including phenoxy) is 2. The number of benzene rings is 1. The highest BCUT2D eigenvalue weighted by molar-refractivity contribution is 7.14. The Kier molecular flexibility index (Phi) is 5.76. The zero-order chi connectivity index (χ0) is 16.8. The summed E-state index contributed by atoms with van der Waals surface area (Å²) in [6.45, 7) is 2.12. The van der Waals surface area contributed by atoms with Crippen molar-refractivity contribution in [1.82, 2.24) is 4.90 Å². The predicted molar refractivity (Wildman–Crippen MR) is 94.1 cm³/mol. The average molecular weight is 332 g/mol. The minimum Gasteiger partial charge on any atom is -0.497 e. The van der Waals surface area contributed by atoms with Gasteiger partial charge < -0.3 is 14.4 Å². The summed E-state index contributed by atoms with van der Waals surface area (Å²) in [6.07, 6.45) is 1.67. The van der Waals surface area contributed by atoms with Gasteiger partial charge in [0.05, 0.1) is 20.1 Å². The molecule has 0 N–H and O–H groups in total. The Morgan fingerprint density at radius 3 is 2.57 bits per heavy atom. The van der Waals surface area contributed by atoms with Gasteiger partial charge in [0.1, 0.15) is 16.3 Å². The molecule has 0 saturated heterocycles.